The van der Waals surface area contributed by atoms with Gasteiger partial charge in [0.05, 0.1) is 0 Å². The highest BCUT2D eigenvalue weighted by molar-refractivity contribution is 7.86. The predicted octanol–water partition coefficient (Wildman–Crippen LogP) is 2.31. The van der Waals surface area contributed by atoms with Gasteiger partial charge in [-0.05, 0) is 29.6 Å². The minimum absolute atomic E-state index is 0.106. The molecule has 0 saturated heterocycles. The first-order chi connectivity index (χ1) is 12.1. The molecule has 0 aliphatic carbocycles. The molecule has 0 atom stereocenters. The molecule has 3 rings (SSSR count). The van der Waals surface area contributed by atoms with Crippen molar-refractivity contribution >= 4 is 44.4 Å². The second-order valence-electron chi connectivity index (χ2n) is 4.52. The third-order valence-electron chi connectivity index (χ3n) is 2.61. The Hall–Kier alpha value is -0.660. The fourth-order valence-corrected chi connectivity index (χ4v) is 7.01. The van der Waals surface area contributed by atoms with Crippen molar-refractivity contribution in [3.05, 3.63) is 65.4 Å². The molecule has 0 aliphatic heterocycles. The van der Waals surface area contributed by atoms with E-state index in [1.807, 2.05) is 23.5 Å². The summed E-state index contributed by atoms with van der Waals surface area (Å²) in [6, 6.07) is 17.0. The van der Waals surface area contributed by atoms with Crippen LogP contribution in [-0.2, 0) is 10.1 Å². The zero-order valence-corrected chi connectivity index (χ0v) is 17.9. The Labute approximate surface area is 171 Å². The first kappa shape index (κ1) is 21.6. The summed E-state index contributed by atoms with van der Waals surface area (Å²) in [6.45, 7) is 0. The molecule has 3 nitrogen and oxygen atoms in total. The molecule has 3 aromatic rings. The molecule has 0 aliphatic rings. The van der Waals surface area contributed by atoms with Gasteiger partial charge >= 0.3 is 26.7 Å². The van der Waals surface area contributed by atoms with Crippen molar-refractivity contribution in [1.29, 1.82) is 0 Å². The lowest BCUT2D eigenvalue weighted by molar-refractivity contribution is -0.591. The fourth-order valence-electron chi connectivity index (χ4n) is 1.54. The van der Waals surface area contributed by atoms with E-state index in [4.69, 9.17) is 24.6 Å². The van der Waals surface area contributed by atoms with Crippen molar-refractivity contribution in [2.45, 2.75) is 5.51 Å². The summed E-state index contributed by atoms with van der Waals surface area (Å²) in [5, 5.41) is 2.96. The first-order valence-electron chi connectivity index (χ1n) is 6.62. The number of halogens is 5. The van der Waals surface area contributed by atoms with Gasteiger partial charge < -0.3 is 4.55 Å². The topological polar surface area (TPSA) is 57.2 Å². The van der Waals surface area contributed by atoms with Gasteiger partial charge in [0, 0.05) is 26.9 Å². The van der Waals surface area contributed by atoms with Crippen molar-refractivity contribution in [2.75, 3.05) is 0 Å². The monoisotopic (exact) mass is 552 g/mol. The Morgan fingerprint density at radius 3 is 2.27 bits per heavy atom. The van der Waals surface area contributed by atoms with Crippen molar-refractivity contribution in [3.63, 3.8) is 0 Å². The molecule has 1 aromatic carbocycles. The normalized spacial score (nSPS) is 11.7. The van der Waals surface area contributed by atoms with Crippen LogP contribution in [0.2, 0.25) is 5.02 Å². The largest absolute Gasteiger partial charge is 0.741 e. The second-order valence-corrected chi connectivity index (χ2v) is 12.0. The van der Waals surface area contributed by atoms with E-state index in [1.165, 1.54) is 16.2 Å². The van der Waals surface area contributed by atoms with Gasteiger partial charge in [-0.2, -0.15) is 13.2 Å². The minimum Gasteiger partial charge on any atom is -0.741 e. The molecule has 0 spiro atoms. The van der Waals surface area contributed by atoms with Crippen LogP contribution >= 0.6 is 34.3 Å². The number of hydrogen-bond donors (Lipinski definition) is 0. The summed E-state index contributed by atoms with van der Waals surface area (Å²) >= 11 is 9.62. The molecule has 2 heterocycles. The Kier molecular flexibility index (Phi) is 7.51. The van der Waals surface area contributed by atoms with Crippen molar-refractivity contribution < 1.29 is 47.3 Å². The van der Waals surface area contributed by atoms with Crippen LogP contribution in [-0.4, -0.2) is 18.5 Å². The Morgan fingerprint density at radius 1 is 1.04 bits per heavy atom. The van der Waals surface area contributed by atoms with Crippen LogP contribution in [0, 0.1) is 6.45 Å². The summed E-state index contributed by atoms with van der Waals surface area (Å²) in [5.74, 6) is 0. The quantitative estimate of drug-likeness (QED) is 0.285. The number of thiophene rings is 2. The molecule has 140 valence electrons. The van der Waals surface area contributed by atoms with Crippen LogP contribution in [0.3, 0.4) is 0 Å². The molecule has 0 fully saturated rings. The maximum atomic E-state index is 10.7. The van der Waals surface area contributed by atoms with Crippen LogP contribution in [0.1, 0.15) is 0 Å². The summed E-state index contributed by atoms with van der Waals surface area (Å²) < 4.78 is 61.8. The van der Waals surface area contributed by atoms with Crippen LogP contribution in [0.15, 0.2) is 53.9 Å². The maximum absolute atomic E-state index is 10.7. The highest BCUT2D eigenvalue weighted by Crippen LogP contribution is 2.28. The van der Waals surface area contributed by atoms with Crippen LogP contribution in [0.25, 0.3) is 9.75 Å². The van der Waals surface area contributed by atoms with E-state index < -0.39 is 15.6 Å². The van der Waals surface area contributed by atoms with E-state index in [-0.39, 0.29) is 21.2 Å². The summed E-state index contributed by atoms with van der Waals surface area (Å²) in [4.78, 5) is 2.74. The third-order valence-corrected chi connectivity index (χ3v) is 8.71. The molecule has 0 saturated carbocycles. The maximum Gasteiger partial charge on any atom is 0.485 e. The summed E-state index contributed by atoms with van der Waals surface area (Å²) in [6.07, 6.45) is 0. The average Bonchev–Trinajstić information content (AvgIpc) is 3.16. The lowest BCUT2D eigenvalue weighted by Gasteiger charge is -2.08. The van der Waals surface area contributed by atoms with E-state index in [0.29, 0.717) is 0 Å². The molecular weight excluding hydrogens is 544 g/mol. The highest BCUT2D eigenvalue weighted by Gasteiger charge is 2.36. The van der Waals surface area contributed by atoms with Crippen molar-refractivity contribution in [3.8, 4) is 9.75 Å². The van der Waals surface area contributed by atoms with E-state index in [0.717, 1.165) is 5.02 Å². The Bertz CT molecular complexity index is 954. The molecule has 0 radical (unpaired) electrons. The minimum atomic E-state index is -6.09. The van der Waals surface area contributed by atoms with E-state index in [1.54, 1.807) is 11.3 Å². The zero-order valence-electron chi connectivity index (χ0n) is 12.5. The Balaban J connectivity index is 0.000000260. The number of benzene rings is 1. The summed E-state index contributed by atoms with van der Waals surface area (Å²) in [5.41, 5.74) is -5.65. The number of hydrogen-bond acceptors (Lipinski definition) is 5. The van der Waals surface area contributed by atoms with E-state index >= 15 is 0 Å². The highest BCUT2D eigenvalue weighted by atomic mass is 127. The molecule has 0 N–H and O–H groups in total. The van der Waals surface area contributed by atoms with Gasteiger partial charge in [-0.15, -0.1) is 11.3 Å². The zero-order chi connectivity index (χ0) is 19.4. The standard InChI is InChI=1S/C14H9ClIS2.CHF3O3S/c15-10-3-1-4-11(9-10)16-14-7-6-13(18-14)12-5-2-8-17-12;2-1(3,4)8(5,6)7/h1-9H;(H,5,6,7)/q+1;/p-1. The average molecular weight is 553 g/mol. The molecule has 0 unspecified atom stereocenters. The lowest BCUT2D eigenvalue weighted by atomic mass is 10.4. The van der Waals surface area contributed by atoms with Gasteiger partial charge in [-0.3, -0.25) is 0 Å². The fraction of sp³-hybridized carbons (Fsp3) is 0.0667. The lowest BCUT2D eigenvalue weighted by Crippen LogP contribution is -3.61. The van der Waals surface area contributed by atoms with Crippen molar-refractivity contribution in [2.24, 2.45) is 0 Å². The predicted molar refractivity (Wildman–Crippen MR) is 92.2 cm³/mol. The molecule has 2 aromatic heterocycles. The van der Waals surface area contributed by atoms with E-state index in [9.17, 15) is 13.2 Å². The second kappa shape index (κ2) is 9.02. The van der Waals surface area contributed by atoms with Crippen LogP contribution in [0.4, 0.5) is 13.2 Å². The van der Waals surface area contributed by atoms with Gasteiger partial charge in [0.25, 0.3) is 0 Å². The van der Waals surface area contributed by atoms with Crippen LogP contribution < -0.4 is 21.2 Å². The molecule has 11 heteroatoms. The van der Waals surface area contributed by atoms with Gasteiger partial charge in [-0.25, -0.2) is 8.42 Å². The molecular formula is C15H9ClF3IO3S3. The first-order valence-corrected chi connectivity index (χ1v) is 12.3. The number of alkyl halides is 3. The van der Waals surface area contributed by atoms with Gasteiger partial charge in [0.1, 0.15) is 0 Å². The van der Waals surface area contributed by atoms with Gasteiger partial charge in [-0.1, -0.05) is 35.1 Å². The molecule has 26 heavy (non-hydrogen) atoms. The van der Waals surface area contributed by atoms with Gasteiger partial charge in [0.2, 0.25) is 2.88 Å². The molecule has 0 amide bonds. The smallest absolute Gasteiger partial charge is 0.485 e. The third kappa shape index (κ3) is 6.50. The van der Waals surface area contributed by atoms with Gasteiger partial charge in [0.15, 0.2) is 13.7 Å². The SMILES string of the molecule is Clc1cccc([I+]c2ccc(-c3cccs3)s2)c1.O=S(=O)([O-])C(F)(F)F. The van der Waals surface area contributed by atoms with Crippen molar-refractivity contribution in [1.82, 2.24) is 0 Å². The molecule has 0 bridgehead atoms. The van der Waals surface area contributed by atoms with Crippen LogP contribution in [0.5, 0.6) is 0 Å². The Morgan fingerprint density at radius 2 is 1.73 bits per heavy atom. The number of rotatable bonds is 3. The van der Waals surface area contributed by atoms with E-state index in [2.05, 4.69) is 41.8 Å². The summed E-state index contributed by atoms with van der Waals surface area (Å²) in [7, 11) is -6.09.